The number of nitrogens with one attached hydrogen (secondary N) is 2. The third-order valence-corrected chi connectivity index (χ3v) is 5.22. The summed E-state index contributed by atoms with van der Waals surface area (Å²) in [6.45, 7) is 16.0. The number of hydrogen-bond acceptors (Lipinski definition) is 4. The van der Waals surface area contributed by atoms with Crippen LogP contribution in [0.4, 0.5) is 0 Å². The second-order valence-corrected chi connectivity index (χ2v) is 10.2. The molecular formula is C21H40N4O2. The van der Waals surface area contributed by atoms with Gasteiger partial charge in [0.25, 0.3) is 0 Å². The highest BCUT2D eigenvalue weighted by Gasteiger charge is 2.34. The van der Waals surface area contributed by atoms with Gasteiger partial charge >= 0.3 is 0 Å². The summed E-state index contributed by atoms with van der Waals surface area (Å²) in [6, 6.07) is 0.00517. The van der Waals surface area contributed by atoms with Gasteiger partial charge in [0, 0.05) is 24.2 Å². The number of amides is 2. The third-order valence-electron chi connectivity index (χ3n) is 5.22. The molecule has 0 saturated carbocycles. The number of hydrogen-bond donors (Lipinski definition) is 2. The molecular weight excluding hydrogens is 340 g/mol. The molecule has 27 heavy (non-hydrogen) atoms. The van der Waals surface area contributed by atoms with Crippen LogP contribution in [0.3, 0.4) is 0 Å². The van der Waals surface area contributed by atoms with Crippen LogP contribution in [-0.4, -0.2) is 71.0 Å². The Morgan fingerprint density at radius 3 is 1.48 bits per heavy atom. The predicted molar refractivity (Wildman–Crippen MR) is 110 cm³/mol. The predicted octanol–water partition coefficient (Wildman–Crippen LogP) is 2.13. The molecule has 2 rings (SSSR count). The number of carbonyl (C=O) groups excluding carboxylic acids is 2. The van der Waals surface area contributed by atoms with E-state index in [0.29, 0.717) is 0 Å². The zero-order valence-corrected chi connectivity index (χ0v) is 18.2. The minimum Gasteiger partial charge on any atom is -0.350 e. The van der Waals surface area contributed by atoms with E-state index >= 15 is 0 Å². The Hall–Kier alpha value is -1.14. The van der Waals surface area contributed by atoms with Crippen molar-refractivity contribution < 1.29 is 9.59 Å². The molecule has 2 aliphatic heterocycles. The zero-order chi connectivity index (χ0) is 20.2. The molecule has 6 heteroatoms. The van der Waals surface area contributed by atoms with Crippen LogP contribution < -0.4 is 10.6 Å². The highest BCUT2D eigenvalue weighted by Crippen LogP contribution is 2.21. The van der Waals surface area contributed by atoms with Gasteiger partial charge in [-0.15, -0.1) is 0 Å². The topological polar surface area (TPSA) is 64.7 Å². The van der Waals surface area contributed by atoms with Crippen LogP contribution in [-0.2, 0) is 9.59 Å². The van der Waals surface area contributed by atoms with E-state index in [1.807, 2.05) is 41.5 Å². The van der Waals surface area contributed by atoms with Gasteiger partial charge in [-0.1, -0.05) is 0 Å². The average molecular weight is 381 g/mol. The van der Waals surface area contributed by atoms with Gasteiger partial charge in [0.1, 0.15) is 0 Å². The normalized spacial score (nSPS) is 25.0. The lowest BCUT2D eigenvalue weighted by atomic mass is 10.1. The SMILES string of the molecule is CC(C)(C)NC(=O)[C@@H]1CCCN1CCCN1CCC[C@H]1C(=O)NC(C)(C)C. The van der Waals surface area contributed by atoms with Crippen molar-refractivity contribution in [2.45, 2.75) is 96.8 Å². The third kappa shape index (κ3) is 7.07. The van der Waals surface area contributed by atoms with E-state index in [2.05, 4.69) is 20.4 Å². The van der Waals surface area contributed by atoms with Crippen molar-refractivity contribution in [2.75, 3.05) is 26.2 Å². The molecule has 0 aliphatic carbocycles. The maximum atomic E-state index is 12.5. The van der Waals surface area contributed by atoms with Crippen LogP contribution in [0.25, 0.3) is 0 Å². The van der Waals surface area contributed by atoms with Gasteiger partial charge in [-0.3, -0.25) is 19.4 Å². The lowest BCUT2D eigenvalue weighted by Crippen LogP contribution is -2.51. The quantitative estimate of drug-likeness (QED) is 0.741. The van der Waals surface area contributed by atoms with Gasteiger partial charge in [0.2, 0.25) is 11.8 Å². The van der Waals surface area contributed by atoms with Gasteiger partial charge < -0.3 is 10.6 Å². The van der Waals surface area contributed by atoms with Crippen molar-refractivity contribution in [3.05, 3.63) is 0 Å². The summed E-state index contributed by atoms with van der Waals surface area (Å²) >= 11 is 0. The smallest absolute Gasteiger partial charge is 0.237 e. The van der Waals surface area contributed by atoms with Crippen LogP contribution in [0.2, 0.25) is 0 Å². The molecule has 6 nitrogen and oxygen atoms in total. The Balaban J connectivity index is 1.80. The summed E-state index contributed by atoms with van der Waals surface area (Å²) in [4.78, 5) is 29.7. The fraction of sp³-hybridized carbons (Fsp3) is 0.905. The first-order valence-electron chi connectivity index (χ1n) is 10.6. The molecule has 0 aromatic heterocycles. The number of rotatable bonds is 6. The van der Waals surface area contributed by atoms with Crippen LogP contribution in [0.1, 0.15) is 73.6 Å². The van der Waals surface area contributed by atoms with E-state index in [9.17, 15) is 9.59 Å². The van der Waals surface area contributed by atoms with Crippen molar-refractivity contribution >= 4 is 11.8 Å². The van der Waals surface area contributed by atoms with Crippen molar-refractivity contribution in [3.8, 4) is 0 Å². The summed E-state index contributed by atoms with van der Waals surface area (Å²) in [6.07, 6.45) is 5.06. The largest absolute Gasteiger partial charge is 0.350 e. The molecule has 2 aliphatic rings. The van der Waals surface area contributed by atoms with Crippen molar-refractivity contribution in [1.29, 1.82) is 0 Å². The molecule has 2 saturated heterocycles. The number of nitrogens with zero attached hydrogens (tertiary/aromatic N) is 2. The van der Waals surface area contributed by atoms with Crippen molar-refractivity contribution in [2.24, 2.45) is 0 Å². The molecule has 0 spiro atoms. The Kier molecular flexibility index (Phi) is 7.31. The molecule has 0 unspecified atom stereocenters. The highest BCUT2D eigenvalue weighted by atomic mass is 16.2. The van der Waals surface area contributed by atoms with Crippen LogP contribution in [0.15, 0.2) is 0 Å². The lowest BCUT2D eigenvalue weighted by Gasteiger charge is -2.30. The van der Waals surface area contributed by atoms with Crippen LogP contribution >= 0.6 is 0 Å². The zero-order valence-electron chi connectivity index (χ0n) is 18.2. The van der Waals surface area contributed by atoms with Gasteiger partial charge in [0.15, 0.2) is 0 Å². The van der Waals surface area contributed by atoms with E-state index in [1.54, 1.807) is 0 Å². The molecule has 2 amide bonds. The van der Waals surface area contributed by atoms with Crippen LogP contribution in [0.5, 0.6) is 0 Å². The summed E-state index contributed by atoms with van der Waals surface area (Å²) in [5, 5.41) is 6.24. The van der Waals surface area contributed by atoms with Crippen molar-refractivity contribution in [1.82, 2.24) is 20.4 Å². The summed E-state index contributed by atoms with van der Waals surface area (Å²) in [7, 11) is 0. The van der Waals surface area contributed by atoms with E-state index in [1.165, 1.54) is 0 Å². The minimum absolute atomic E-state index is 0.00258. The minimum atomic E-state index is -0.186. The number of likely N-dealkylation sites (tertiary alicyclic amines) is 2. The summed E-state index contributed by atoms with van der Waals surface area (Å²) < 4.78 is 0. The van der Waals surface area contributed by atoms with Gasteiger partial charge in [-0.2, -0.15) is 0 Å². The summed E-state index contributed by atoms with van der Waals surface area (Å²) in [5.41, 5.74) is -0.372. The Bertz CT molecular complexity index is 475. The lowest BCUT2D eigenvalue weighted by molar-refractivity contribution is -0.127. The highest BCUT2D eigenvalue weighted by molar-refractivity contribution is 5.83. The first kappa shape index (κ1) is 22.2. The molecule has 0 aromatic rings. The van der Waals surface area contributed by atoms with Gasteiger partial charge in [-0.25, -0.2) is 0 Å². The molecule has 2 fully saturated rings. The molecule has 156 valence electrons. The molecule has 0 aromatic carbocycles. The Morgan fingerprint density at radius 2 is 1.15 bits per heavy atom. The first-order valence-corrected chi connectivity index (χ1v) is 10.6. The van der Waals surface area contributed by atoms with E-state index < -0.39 is 0 Å². The molecule has 0 radical (unpaired) electrons. The standard InChI is InChI=1S/C21H40N4O2/c1-20(2,3)22-18(26)16-10-7-12-24(16)14-9-15-25-13-8-11-17(25)19(27)23-21(4,5)6/h16-17H,7-15H2,1-6H3,(H,22,26)(H,23,27)/t16-,17-/m0/s1. The first-order chi connectivity index (χ1) is 12.5. The number of carbonyl (C=O) groups is 2. The maximum absolute atomic E-state index is 12.5. The maximum Gasteiger partial charge on any atom is 0.237 e. The molecule has 0 bridgehead atoms. The Morgan fingerprint density at radius 1 is 0.778 bits per heavy atom. The summed E-state index contributed by atoms with van der Waals surface area (Å²) in [5.74, 6) is 0.312. The van der Waals surface area contributed by atoms with Crippen LogP contribution in [0, 0.1) is 0 Å². The van der Waals surface area contributed by atoms with E-state index in [-0.39, 0.29) is 35.0 Å². The van der Waals surface area contributed by atoms with E-state index in [4.69, 9.17) is 0 Å². The Labute approximate surface area is 165 Å². The average Bonchev–Trinajstić information content (AvgIpc) is 3.12. The fourth-order valence-electron chi connectivity index (χ4n) is 4.16. The molecule has 2 N–H and O–H groups in total. The second kappa shape index (κ2) is 8.91. The second-order valence-electron chi connectivity index (χ2n) is 10.2. The molecule has 2 atom stereocenters. The van der Waals surface area contributed by atoms with E-state index in [0.717, 1.165) is 58.3 Å². The van der Waals surface area contributed by atoms with Gasteiger partial charge in [0.05, 0.1) is 12.1 Å². The van der Waals surface area contributed by atoms with Gasteiger partial charge in [-0.05, 0) is 86.7 Å². The monoisotopic (exact) mass is 380 g/mol. The molecule has 2 heterocycles. The van der Waals surface area contributed by atoms with Crippen molar-refractivity contribution in [3.63, 3.8) is 0 Å². The fourth-order valence-corrected chi connectivity index (χ4v) is 4.16.